The lowest BCUT2D eigenvalue weighted by molar-refractivity contribution is 0.737. The molecule has 2 heterocycles. The molecular formula is C11H14ClNS. The van der Waals surface area contributed by atoms with Gasteiger partial charge in [0.2, 0.25) is 0 Å². The van der Waals surface area contributed by atoms with E-state index >= 15 is 0 Å². The summed E-state index contributed by atoms with van der Waals surface area (Å²) in [6.07, 6.45) is 1.72. The highest BCUT2D eigenvalue weighted by molar-refractivity contribution is 7.17. The van der Waals surface area contributed by atoms with Crippen molar-refractivity contribution in [3.8, 4) is 0 Å². The molecule has 0 unspecified atom stereocenters. The first-order valence-corrected chi connectivity index (χ1v) is 5.84. The van der Waals surface area contributed by atoms with E-state index in [9.17, 15) is 0 Å². The molecule has 2 aromatic heterocycles. The molecule has 2 aromatic rings. The Bertz CT molecular complexity index is 392. The topological polar surface area (TPSA) is 12.9 Å². The highest BCUT2D eigenvalue weighted by atomic mass is 35.5. The van der Waals surface area contributed by atoms with Crippen molar-refractivity contribution >= 4 is 33.2 Å². The van der Waals surface area contributed by atoms with Crippen LogP contribution < -0.4 is 0 Å². The molecule has 0 atom stereocenters. The summed E-state index contributed by atoms with van der Waals surface area (Å²) >= 11 is 7.49. The summed E-state index contributed by atoms with van der Waals surface area (Å²) in [5.74, 6) is 0.833. The summed E-state index contributed by atoms with van der Waals surface area (Å²) in [7, 11) is 0. The van der Waals surface area contributed by atoms with Gasteiger partial charge in [0, 0.05) is 6.20 Å². The maximum Gasteiger partial charge on any atom is 0.0824 e. The molecule has 1 nitrogen and oxygen atoms in total. The number of rotatable bonds is 0. The lowest BCUT2D eigenvalue weighted by Gasteiger charge is -1.88. The highest BCUT2D eigenvalue weighted by Crippen LogP contribution is 2.25. The first-order chi connectivity index (χ1) is 6.61. The van der Waals surface area contributed by atoms with Crippen LogP contribution in [0.15, 0.2) is 23.7 Å². The Morgan fingerprint density at radius 3 is 2.50 bits per heavy atom. The van der Waals surface area contributed by atoms with Gasteiger partial charge in [0.25, 0.3) is 0 Å². The molecule has 0 spiro atoms. The van der Waals surface area contributed by atoms with Crippen molar-refractivity contribution in [2.45, 2.75) is 20.8 Å². The predicted molar refractivity (Wildman–Crippen MR) is 65.1 cm³/mol. The fourth-order valence-electron chi connectivity index (χ4n) is 0.842. The molecule has 0 bridgehead atoms. The van der Waals surface area contributed by atoms with Crippen LogP contribution in [0.4, 0.5) is 0 Å². The Morgan fingerprint density at radius 2 is 1.93 bits per heavy atom. The van der Waals surface area contributed by atoms with Gasteiger partial charge in [0.1, 0.15) is 0 Å². The minimum absolute atomic E-state index is 0.792. The van der Waals surface area contributed by atoms with Crippen molar-refractivity contribution in [3.63, 3.8) is 0 Å². The summed E-state index contributed by atoms with van der Waals surface area (Å²) in [6, 6.07) is 3.77. The maximum absolute atomic E-state index is 5.87. The fourth-order valence-corrected chi connectivity index (χ4v) is 1.88. The van der Waals surface area contributed by atoms with Crippen molar-refractivity contribution < 1.29 is 0 Å². The number of aromatic nitrogens is 1. The highest BCUT2D eigenvalue weighted by Gasteiger charge is 1.98. The number of hydrogen-bond acceptors (Lipinski definition) is 2. The standard InChI is InChI=1S/C7H4ClNS.C4H10/c8-5-1-3-9-6-2-4-10-7(5)6;1-4(2)3/h1-4H;4H,1-3H3. The molecule has 0 aliphatic rings. The van der Waals surface area contributed by atoms with E-state index in [2.05, 4.69) is 25.8 Å². The van der Waals surface area contributed by atoms with Crippen LogP contribution in [0.1, 0.15) is 20.8 Å². The van der Waals surface area contributed by atoms with Gasteiger partial charge < -0.3 is 0 Å². The van der Waals surface area contributed by atoms with Crippen LogP contribution in [0.3, 0.4) is 0 Å². The first-order valence-electron chi connectivity index (χ1n) is 4.59. The monoisotopic (exact) mass is 227 g/mol. The Kier molecular flexibility index (Phi) is 4.36. The van der Waals surface area contributed by atoms with Crippen molar-refractivity contribution in [2.75, 3.05) is 0 Å². The molecule has 0 saturated heterocycles. The second kappa shape index (κ2) is 5.32. The lowest BCUT2D eigenvalue weighted by Crippen LogP contribution is -1.69. The van der Waals surface area contributed by atoms with E-state index in [4.69, 9.17) is 11.6 Å². The molecule has 0 aliphatic heterocycles. The predicted octanol–water partition coefficient (Wildman–Crippen LogP) is 4.61. The van der Waals surface area contributed by atoms with E-state index in [0.717, 1.165) is 21.2 Å². The van der Waals surface area contributed by atoms with Gasteiger partial charge in [-0.25, -0.2) is 0 Å². The molecule has 0 fully saturated rings. The zero-order valence-electron chi connectivity index (χ0n) is 8.62. The average Bonchev–Trinajstić information content (AvgIpc) is 2.52. The number of pyridine rings is 1. The summed E-state index contributed by atoms with van der Waals surface area (Å²) in [6.45, 7) is 6.50. The van der Waals surface area contributed by atoms with Gasteiger partial charge in [-0.2, -0.15) is 0 Å². The Hall–Kier alpha value is -0.600. The fraction of sp³-hybridized carbons (Fsp3) is 0.364. The summed E-state index contributed by atoms with van der Waals surface area (Å²) in [5, 5.41) is 2.78. The van der Waals surface area contributed by atoms with Crippen LogP contribution in [0.2, 0.25) is 5.02 Å². The van der Waals surface area contributed by atoms with E-state index in [1.165, 1.54) is 0 Å². The Balaban J connectivity index is 0.000000213. The molecule has 0 radical (unpaired) electrons. The average molecular weight is 228 g/mol. The second-order valence-electron chi connectivity index (χ2n) is 3.66. The summed E-state index contributed by atoms with van der Waals surface area (Å²) in [4.78, 5) is 4.13. The minimum atomic E-state index is 0.792. The van der Waals surface area contributed by atoms with Crippen molar-refractivity contribution in [1.29, 1.82) is 0 Å². The van der Waals surface area contributed by atoms with E-state index in [1.54, 1.807) is 23.6 Å². The summed E-state index contributed by atoms with van der Waals surface area (Å²) < 4.78 is 1.07. The third-order valence-electron chi connectivity index (χ3n) is 1.30. The maximum atomic E-state index is 5.87. The van der Waals surface area contributed by atoms with Crippen LogP contribution in [0, 0.1) is 5.92 Å². The van der Waals surface area contributed by atoms with E-state index in [0.29, 0.717) is 0 Å². The zero-order valence-corrected chi connectivity index (χ0v) is 10.2. The molecule has 2 rings (SSSR count). The van der Waals surface area contributed by atoms with E-state index in [1.807, 2.05) is 11.4 Å². The molecule has 0 amide bonds. The van der Waals surface area contributed by atoms with Gasteiger partial charge in [-0.05, 0) is 23.4 Å². The van der Waals surface area contributed by atoms with E-state index < -0.39 is 0 Å². The minimum Gasteiger partial charge on any atom is -0.255 e. The number of fused-ring (bicyclic) bond motifs is 1. The third-order valence-corrected chi connectivity index (χ3v) is 2.66. The molecule has 76 valence electrons. The van der Waals surface area contributed by atoms with Gasteiger partial charge in [-0.3, -0.25) is 4.98 Å². The first kappa shape index (κ1) is 11.5. The largest absolute Gasteiger partial charge is 0.255 e. The van der Waals surface area contributed by atoms with Gasteiger partial charge in [-0.1, -0.05) is 32.4 Å². The zero-order chi connectivity index (χ0) is 10.6. The SMILES string of the molecule is CC(C)C.Clc1ccnc2ccsc12. The molecule has 0 aromatic carbocycles. The van der Waals surface area contributed by atoms with Crippen LogP contribution in [0.25, 0.3) is 10.2 Å². The summed E-state index contributed by atoms with van der Waals surface area (Å²) in [5.41, 5.74) is 0.984. The van der Waals surface area contributed by atoms with Crippen molar-refractivity contribution in [1.82, 2.24) is 4.98 Å². The molecule has 0 saturated carbocycles. The van der Waals surface area contributed by atoms with Crippen LogP contribution >= 0.6 is 22.9 Å². The van der Waals surface area contributed by atoms with Crippen molar-refractivity contribution in [2.24, 2.45) is 5.92 Å². The van der Waals surface area contributed by atoms with Gasteiger partial charge in [-0.15, -0.1) is 11.3 Å². The molecule has 0 aliphatic carbocycles. The Labute approximate surface area is 93.7 Å². The van der Waals surface area contributed by atoms with Gasteiger partial charge >= 0.3 is 0 Å². The molecular weight excluding hydrogens is 214 g/mol. The van der Waals surface area contributed by atoms with Crippen molar-refractivity contribution in [3.05, 3.63) is 28.7 Å². The number of halogens is 1. The Morgan fingerprint density at radius 1 is 1.29 bits per heavy atom. The normalized spacial score (nSPS) is 10.1. The van der Waals surface area contributed by atoms with Crippen LogP contribution in [-0.2, 0) is 0 Å². The van der Waals surface area contributed by atoms with Gasteiger partial charge in [0.15, 0.2) is 0 Å². The van der Waals surface area contributed by atoms with Crippen LogP contribution in [-0.4, -0.2) is 4.98 Å². The number of hydrogen-bond donors (Lipinski definition) is 0. The van der Waals surface area contributed by atoms with E-state index in [-0.39, 0.29) is 0 Å². The quantitative estimate of drug-likeness (QED) is 0.641. The smallest absolute Gasteiger partial charge is 0.0824 e. The number of thiophene rings is 1. The second-order valence-corrected chi connectivity index (χ2v) is 4.98. The van der Waals surface area contributed by atoms with Gasteiger partial charge in [0.05, 0.1) is 15.2 Å². The van der Waals surface area contributed by atoms with Crippen LogP contribution in [0.5, 0.6) is 0 Å². The molecule has 0 N–H and O–H groups in total. The third kappa shape index (κ3) is 3.28. The number of nitrogens with zero attached hydrogens (tertiary/aromatic N) is 1. The lowest BCUT2D eigenvalue weighted by atomic mass is 10.3. The molecule has 14 heavy (non-hydrogen) atoms. The molecule has 3 heteroatoms.